The van der Waals surface area contributed by atoms with E-state index in [1.165, 1.54) is 36.8 Å². The summed E-state index contributed by atoms with van der Waals surface area (Å²) in [5, 5.41) is 9.85. The number of aliphatic hydroxyl groups is 1. The number of ether oxygens (including phenoxy) is 1. The average Bonchev–Trinajstić information content (AvgIpc) is 2.96. The predicted molar refractivity (Wildman–Crippen MR) is 97.2 cm³/mol. The standard InChI is InChI=1S/C22H30O3/c1-14-2-5-16(6-3-14)21-11-15-4-7-17(10-15)20(21)9-8-19-12-18(23)13-22(24)25-19/h2-3,5-6,15,17-21,23H,4,7-13H2,1H3/t15?,17?,18-,19-,20?,21?/m1/s1. The Bertz CT molecular complexity index is 608. The van der Waals surface area contributed by atoms with Crippen molar-refractivity contribution in [3.8, 4) is 0 Å². The molecule has 1 aromatic carbocycles. The number of cyclic esters (lactones) is 1. The summed E-state index contributed by atoms with van der Waals surface area (Å²) in [7, 11) is 0. The van der Waals surface area contributed by atoms with Crippen LogP contribution in [0, 0.1) is 24.7 Å². The highest BCUT2D eigenvalue weighted by molar-refractivity contribution is 5.70. The number of hydrogen-bond acceptors (Lipinski definition) is 3. The van der Waals surface area contributed by atoms with Gasteiger partial charge in [0.2, 0.25) is 0 Å². The molecule has 3 aliphatic rings. The smallest absolute Gasteiger partial charge is 0.308 e. The molecule has 6 atom stereocenters. The van der Waals surface area contributed by atoms with E-state index in [-0.39, 0.29) is 18.5 Å². The molecule has 4 unspecified atom stereocenters. The van der Waals surface area contributed by atoms with Crippen LogP contribution in [-0.2, 0) is 9.53 Å². The maximum Gasteiger partial charge on any atom is 0.308 e. The normalized spacial score (nSPS) is 37.8. The van der Waals surface area contributed by atoms with Crippen LogP contribution < -0.4 is 0 Å². The van der Waals surface area contributed by atoms with Gasteiger partial charge < -0.3 is 9.84 Å². The third-order valence-corrected chi connectivity index (χ3v) is 6.85. The van der Waals surface area contributed by atoms with Gasteiger partial charge in [0.25, 0.3) is 0 Å². The molecule has 4 rings (SSSR count). The molecule has 2 bridgehead atoms. The molecule has 3 nitrogen and oxygen atoms in total. The predicted octanol–water partition coefficient (Wildman–Crippen LogP) is 4.36. The van der Waals surface area contributed by atoms with Crippen LogP contribution in [0.15, 0.2) is 24.3 Å². The molecule has 3 heteroatoms. The van der Waals surface area contributed by atoms with Crippen molar-refractivity contribution in [3.63, 3.8) is 0 Å². The summed E-state index contributed by atoms with van der Waals surface area (Å²) in [4.78, 5) is 11.6. The van der Waals surface area contributed by atoms with Crippen LogP contribution in [0.5, 0.6) is 0 Å². The molecule has 1 heterocycles. The highest BCUT2D eigenvalue weighted by Crippen LogP contribution is 2.53. The number of fused-ring (bicyclic) bond motifs is 2. The molecule has 0 spiro atoms. The van der Waals surface area contributed by atoms with Gasteiger partial charge in [0, 0.05) is 6.42 Å². The van der Waals surface area contributed by atoms with E-state index in [0.717, 1.165) is 24.7 Å². The minimum Gasteiger partial charge on any atom is -0.462 e. The largest absolute Gasteiger partial charge is 0.462 e. The zero-order valence-electron chi connectivity index (χ0n) is 15.2. The highest BCUT2D eigenvalue weighted by Gasteiger charge is 2.42. The zero-order valence-corrected chi connectivity index (χ0v) is 15.2. The number of esters is 1. The lowest BCUT2D eigenvalue weighted by molar-refractivity contribution is -0.160. The molecule has 2 aliphatic carbocycles. The van der Waals surface area contributed by atoms with Crippen molar-refractivity contribution in [1.29, 1.82) is 0 Å². The fourth-order valence-electron chi connectivity index (χ4n) is 5.63. The Morgan fingerprint density at radius 1 is 1.08 bits per heavy atom. The van der Waals surface area contributed by atoms with E-state index in [0.29, 0.717) is 18.3 Å². The number of aryl methyl sites for hydroxylation is 1. The summed E-state index contributed by atoms with van der Waals surface area (Å²) in [6.07, 6.45) is 7.65. The van der Waals surface area contributed by atoms with Gasteiger partial charge in [-0.25, -0.2) is 0 Å². The fourth-order valence-corrected chi connectivity index (χ4v) is 5.63. The van der Waals surface area contributed by atoms with Crippen molar-refractivity contribution >= 4 is 5.97 Å². The van der Waals surface area contributed by atoms with E-state index in [2.05, 4.69) is 31.2 Å². The summed E-state index contributed by atoms with van der Waals surface area (Å²) in [5.41, 5.74) is 2.81. The Balaban J connectivity index is 1.46. The maximum absolute atomic E-state index is 11.6. The summed E-state index contributed by atoms with van der Waals surface area (Å²) in [6, 6.07) is 9.12. The first-order valence-corrected chi connectivity index (χ1v) is 10.0. The molecular weight excluding hydrogens is 312 g/mol. The number of carbonyl (C=O) groups excluding carboxylic acids is 1. The van der Waals surface area contributed by atoms with Crippen LogP contribution >= 0.6 is 0 Å². The van der Waals surface area contributed by atoms with Gasteiger partial charge in [0.1, 0.15) is 6.10 Å². The molecule has 1 aliphatic heterocycles. The topological polar surface area (TPSA) is 46.5 Å². The molecule has 0 radical (unpaired) electrons. The first-order chi connectivity index (χ1) is 12.1. The lowest BCUT2D eigenvalue weighted by Crippen LogP contribution is -2.34. The van der Waals surface area contributed by atoms with Crippen molar-refractivity contribution in [2.24, 2.45) is 17.8 Å². The SMILES string of the molecule is Cc1ccc(C2CC3CCC(C3)C2CC[C@@H]2C[C@@H](O)CC(=O)O2)cc1. The maximum atomic E-state index is 11.6. The second kappa shape index (κ2) is 7.11. The van der Waals surface area contributed by atoms with Crippen LogP contribution in [0.2, 0.25) is 0 Å². The molecule has 2 saturated carbocycles. The summed E-state index contributed by atoms with van der Waals surface area (Å²) in [6.45, 7) is 2.15. The Morgan fingerprint density at radius 2 is 1.88 bits per heavy atom. The van der Waals surface area contributed by atoms with Crippen molar-refractivity contribution < 1.29 is 14.6 Å². The molecule has 1 N–H and O–H groups in total. The Morgan fingerprint density at radius 3 is 2.64 bits per heavy atom. The van der Waals surface area contributed by atoms with Gasteiger partial charge in [-0.2, -0.15) is 0 Å². The van der Waals surface area contributed by atoms with Crippen molar-refractivity contribution in [2.45, 2.75) is 76.4 Å². The minimum absolute atomic E-state index is 0.0888. The zero-order chi connectivity index (χ0) is 17.4. The van der Waals surface area contributed by atoms with E-state index in [1.807, 2.05) is 0 Å². The summed E-state index contributed by atoms with van der Waals surface area (Å²) >= 11 is 0. The van der Waals surface area contributed by atoms with Gasteiger partial charge in [0.05, 0.1) is 12.5 Å². The molecule has 25 heavy (non-hydrogen) atoms. The van der Waals surface area contributed by atoms with E-state index in [9.17, 15) is 9.90 Å². The van der Waals surface area contributed by atoms with Gasteiger partial charge in [0.15, 0.2) is 0 Å². The number of aliphatic hydroxyl groups excluding tert-OH is 1. The number of carbonyl (C=O) groups is 1. The fraction of sp³-hybridized carbons (Fsp3) is 0.682. The average molecular weight is 342 g/mol. The number of rotatable bonds is 4. The molecule has 0 aromatic heterocycles. The molecule has 3 fully saturated rings. The van der Waals surface area contributed by atoms with E-state index >= 15 is 0 Å². The van der Waals surface area contributed by atoms with Gasteiger partial charge in [-0.05, 0) is 68.3 Å². The Kier molecular flexibility index (Phi) is 4.86. The quantitative estimate of drug-likeness (QED) is 0.827. The molecule has 0 amide bonds. The van der Waals surface area contributed by atoms with E-state index in [4.69, 9.17) is 4.74 Å². The summed E-state index contributed by atoms with van der Waals surface area (Å²) in [5.74, 6) is 2.84. The number of hydrogen-bond donors (Lipinski definition) is 1. The third kappa shape index (κ3) is 3.76. The monoisotopic (exact) mass is 342 g/mol. The third-order valence-electron chi connectivity index (χ3n) is 6.85. The van der Waals surface area contributed by atoms with Crippen LogP contribution in [0.1, 0.15) is 68.4 Å². The summed E-state index contributed by atoms with van der Waals surface area (Å²) < 4.78 is 5.48. The van der Waals surface area contributed by atoms with Crippen LogP contribution in [0.3, 0.4) is 0 Å². The van der Waals surface area contributed by atoms with Crippen molar-refractivity contribution in [1.82, 2.24) is 0 Å². The second-order valence-electron chi connectivity index (χ2n) is 8.64. The molecular formula is C22H30O3. The lowest BCUT2D eigenvalue weighted by atomic mass is 9.67. The Hall–Kier alpha value is -1.35. The first kappa shape index (κ1) is 17.1. The van der Waals surface area contributed by atoms with E-state index in [1.54, 1.807) is 0 Å². The van der Waals surface area contributed by atoms with Gasteiger partial charge in [-0.15, -0.1) is 0 Å². The van der Waals surface area contributed by atoms with Crippen molar-refractivity contribution in [3.05, 3.63) is 35.4 Å². The van der Waals surface area contributed by atoms with E-state index < -0.39 is 6.10 Å². The molecule has 136 valence electrons. The second-order valence-corrected chi connectivity index (χ2v) is 8.64. The van der Waals surface area contributed by atoms with Crippen molar-refractivity contribution in [2.75, 3.05) is 0 Å². The van der Waals surface area contributed by atoms with Crippen LogP contribution in [-0.4, -0.2) is 23.3 Å². The van der Waals surface area contributed by atoms with Crippen LogP contribution in [0.25, 0.3) is 0 Å². The van der Waals surface area contributed by atoms with Gasteiger partial charge in [-0.3, -0.25) is 4.79 Å². The van der Waals surface area contributed by atoms with Gasteiger partial charge >= 0.3 is 5.97 Å². The first-order valence-electron chi connectivity index (χ1n) is 10.0. The highest BCUT2D eigenvalue weighted by atomic mass is 16.5. The molecule has 1 aromatic rings. The number of benzene rings is 1. The molecule has 1 saturated heterocycles. The minimum atomic E-state index is -0.513. The van der Waals surface area contributed by atoms with Gasteiger partial charge in [-0.1, -0.05) is 36.2 Å². The lowest BCUT2D eigenvalue weighted by Gasteiger charge is -2.38. The van der Waals surface area contributed by atoms with Crippen LogP contribution in [0.4, 0.5) is 0 Å². The Labute approximate surface area is 150 Å².